The molecule has 0 aromatic rings. The summed E-state index contributed by atoms with van der Waals surface area (Å²) in [5, 5.41) is 0. The van der Waals surface area contributed by atoms with Crippen molar-refractivity contribution >= 4 is 12.4 Å². The highest BCUT2D eigenvalue weighted by atomic mass is 35.5. The normalized spacial score (nSPS) is 9.60. The van der Waals surface area contributed by atoms with Gasteiger partial charge in [0.1, 0.15) is 0 Å². The van der Waals surface area contributed by atoms with Crippen LogP contribution in [0.25, 0.3) is 0 Å². The summed E-state index contributed by atoms with van der Waals surface area (Å²) >= 11 is 0. The molecule has 0 saturated heterocycles. The highest BCUT2D eigenvalue weighted by Gasteiger charge is 1.91. The molecule has 0 aliphatic carbocycles. The molecular formula is C8H20ClN. The number of nitrogens with two attached hydrogens (primary N) is 1. The predicted molar refractivity (Wildman–Crippen MR) is 49.6 cm³/mol. The summed E-state index contributed by atoms with van der Waals surface area (Å²) in [4.78, 5) is 0. The topological polar surface area (TPSA) is 26.0 Å². The van der Waals surface area contributed by atoms with Gasteiger partial charge in [-0.05, 0) is 18.9 Å². The van der Waals surface area contributed by atoms with E-state index in [9.17, 15) is 0 Å². The predicted octanol–water partition coefficient (Wildman–Crippen LogP) is 2.58. The smallest absolute Gasteiger partial charge is 0.00773 e. The van der Waals surface area contributed by atoms with Crippen molar-refractivity contribution < 1.29 is 0 Å². The second-order valence-corrected chi connectivity index (χ2v) is 3.03. The van der Waals surface area contributed by atoms with Crippen LogP contribution in [0.1, 0.15) is 39.5 Å². The van der Waals surface area contributed by atoms with E-state index in [1.807, 2.05) is 0 Å². The Labute approximate surface area is 70.8 Å². The average molecular weight is 166 g/mol. The first kappa shape index (κ1) is 12.9. The molecule has 0 heterocycles. The number of halogens is 1. The Morgan fingerprint density at radius 3 is 2.10 bits per heavy atom. The lowest BCUT2D eigenvalue weighted by atomic mass is 10.1. The van der Waals surface area contributed by atoms with Crippen LogP contribution in [0.5, 0.6) is 0 Å². The van der Waals surface area contributed by atoms with Gasteiger partial charge < -0.3 is 5.73 Å². The number of rotatable bonds is 5. The molecular weight excluding hydrogens is 146 g/mol. The molecule has 0 saturated carbocycles. The Bertz CT molecular complexity index is 55.2. The Kier molecular flexibility index (Phi) is 11.9. The molecule has 2 N–H and O–H groups in total. The first-order valence-electron chi connectivity index (χ1n) is 3.97. The van der Waals surface area contributed by atoms with Crippen LogP contribution in [0.2, 0.25) is 0 Å². The van der Waals surface area contributed by atoms with Crippen molar-refractivity contribution in [2.75, 3.05) is 6.54 Å². The van der Waals surface area contributed by atoms with Gasteiger partial charge in [-0.2, -0.15) is 0 Å². The summed E-state index contributed by atoms with van der Waals surface area (Å²) in [6.07, 6.45) is 5.23. The van der Waals surface area contributed by atoms with Crippen LogP contribution < -0.4 is 5.73 Å². The van der Waals surface area contributed by atoms with Crippen LogP contribution in [0, 0.1) is 5.92 Å². The molecule has 0 aliphatic heterocycles. The lowest BCUT2D eigenvalue weighted by Gasteiger charge is -2.01. The highest BCUT2D eigenvalue weighted by molar-refractivity contribution is 5.85. The van der Waals surface area contributed by atoms with Crippen LogP contribution in [0.15, 0.2) is 0 Å². The van der Waals surface area contributed by atoms with E-state index in [-0.39, 0.29) is 12.4 Å². The van der Waals surface area contributed by atoms with E-state index in [1.54, 1.807) is 0 Å². The number of hydrogen-bond acceptors (Lipinski definition) is 1. The summed E-state index contributed by atoms with van der Waals surface area (Å²) in [5.74, 6) is 0.864. The van der Waals surface area contributed by atoms with E-state index in [4.69, 9.17) is 5.73 Å². The second-order valence-electron chi connectivity index (χ2n) is 3.03. The number of unbranched alkanes of at least 4 members (excludes halogenated alkanes) is 2. The van der Waals surface area contributed by atoms with E-state index in [2.05, 4.69) is 13.8 Å². The molecule has 10 heavy (non-hydrogen) atoms. The molecule has 0 aromatic heterocycles. The quantitative estimate of drug-likeness (QED) is 0.623. The molecule has 0 aromatic carbocycles. The van der Waals surface area contributed by atoms with Gasteiger partial charge in [-0.1, -0.05) is 33.1 Å². The van der Waals surface area contributed by atoms with Crippen LogP contribution in [0.4, 0.5) is 0 Å². The number of hydrogen-bond donors (Lipinski definition) is 1. The van der Waals surface area contributed by atoms with Gasteiger partial charge in [0.15, 0.2) is 0 Å². The minimum absolute atomic E-state index is 0. The summed E-state index contributed by atoms with van der Waals surface area (Å²) in [5.41, 5.74) is 5.35. The van der Waals surface area contributed by atoms with Crippen molar-refractivity contribution in [2.45, 2.75) is 39.5 Å². The fraction of sp³-hybridized carbons (Fsp3) is 1.00. The Morgan fingerprint density at radius 2 is 1.70 bits per heavy atom. The van der Waals surface area contributed by atoms with Crippen molar-refractivity contribution in [3.63, 3.8) is 0 Å². The van der Waals surface area contributed by atoms with Gasteiger partial charge in [0.2, 0.25) is 0 Å². The zero-order valence-electron chi connectivity index (χ0n) is 7.10. The van der Waals surface area contributed by atoms with E-state index in [0.29, 0.717) is 0 Å². The molecule has 1 nitrogen and oxygen atoms in total. The first-order chi connectivity index (χ1) is 4.27. The van der Waals surface area contributed by atoms with E-state index in [1.165, 1.54) is 25.7 Å². The van der Waals surface area contributed by atoms with Crippen molar-refractivity contribution in [3.05, 3.63) is 0 Å². The minimum atomic E-state index is 0. The molecule has 0 amide bonds. The van der Waals surface area contributed by atoms with Crippen LogP contribution >= 0.6 is 12.4 Å². The van der Waals surface area contributed by atoms with Crippen LogP contribution in [-0.4, -0.2) is 6.54 Å². The minimum Gasteiger partial charge on any atom is -0.330 e. The Balaban J connectivity index is 0. The summed E-state index contributed by atoms with van der Waals surface area (Å²) in [7, 11) is 0. The van der Waals surface area contributed by atoms with Gasteiger partial charge >= 0.3 is 0 Å². The molecule has 0 atom stereocenters. The largest absolute Gasteiger partial charge is 0.330 e. The van der Waals surface area contributed by atoms with Crippen molar-refractivity contribution in [3.8, 4) is 0 Å². The lowest BCUT2D eigenvalue weighted by molar-refractivity contribution is 0.529. The molecule has 0 fully saturated rings. The third-order valence-electron chi connectivity index (χ3n) is 1.49. The maximum absolute atomic E-state index is 5.35. The van der Waals surface area contributed by atoms with Crippen molar-refractivity contribution in [1.29, 1.82) is 0 Å². The fourth-order valence-electron chi connectivity index (χ4n) is 0.874. The molecule has 0 spiro atoms. The SMILES string of the molecule is CC(C)CCCCCN.Cl. The molecule has 0 bridgehead atoms. The standard InChI is InChI=1S/C8H19N.ClH/c1-8(2)6-4-3-5-7-9;/h8H,3-7,9H2,1-2H3;1H. The maximum atomic E-state index is 5.35. The zero-order valence-corrected chi connectivity index (χ0v) is 7.91. The van der Waals surface area contributed by atoms with Gasteiger partial charge in [-0.25, -0.2) is 0 Å². The highest BCUT2D eigenvalue weighted by Crippen LogP contribution is 2.06. The van der Waals surface area contributed by atoms with E-state index in [0.717, 1.165) is 12.5 Å². The van der Waals surface area contributed by atoms with Crippen molar-refractivity contribution in [2.24, 2.45) is 11.7 Å². The summed E-state index contributed by atoms with van der Waals surface area (Å²) in [6.45, 7) is 5.39. The van der Waals surface area contributed by atoms with Crippen LogP contribution in [-0.2, 0) is 0 Å². The second kappa shape index (κ2) is 9.25. The maximum Gasteiger partial charge on any atom is -0.00773 e. The van der Waals surface area contributed by atoms with Gasteiger partial charge in [0, 0.05) is 0 Å². The summed E-state index contributed by atoms with van der Waals surface area (Å²) in [6, 6.07) is 0. The fourth-order valence-corrected chi connectivity index (χ4v) is 0.874. The third kappa shape index (κ3) is 11.1. The zero-order chi connectivity index (χ0) is 7.11. The summed E-state index contributed by atoms with van der Waals surface area (Å²) < 4.78 is 0. The lowest BCUT2D eigenvalue weighted by Crippen LogP contribution is -1.98. The van der Waals surface area contributed by atoms with Crippen molar-refractivity contribution in [1.82, 2.24) is 0 Å². The van der Waals surface area contributed by atoms with Gasteiger partial charge in [0.05, 0.1) is 0 Å². The molecule has 0 rings (SSSR count). The van der Waals surface area contributed by atoms with Crippen LogP contribution in [0.3, 0.4) is 0 Å². The monoisotopic (exact) mass is 165 g/mol. The Hall–Kier alpha value is 0.250. The molecule has 64 valence electrons. The van der Waals surface area contributed by atoms with Gasteiger partial charge in [-0.15, -0.1) is 12.4 Å². The molecule has 0 unspecified atom stereocenters. The first-order valence-corrected chi connectivity index (χ1v) is 3.97. The molecule has 0 aliphatic rings. The van der Waals surface area contributed by atoms with E-state index >= 15 is 0 Å². The van der Waals surface area contributed by atoms with E-state index < -0.39 is 0 Å². The average Bonchev–Trinajstić information content (AvgIpc) is 1.80. The van der Waals surface area contributed by atoms with Gasteiger partial charge in [0.25, 0.3) is 0 Å². The molecule has 2 heteroatoms. The third-order valence-corrected chi connectivity index (χ3v) is 1.49. The Morgan fingerprint density at radius 1 is 1.10 bits per heavy atom. The molecule has 0 radical (unpaired) electrons. The van der Waals surface area contributed by atoms with Gasteiger partial charge in [-0.3, -0.25) is 0 Å².